The van der Waals surface area contributed by atoms with Gasteiger partial charge in [-0.25, -0.2) is 0 Å². The number of alkyl halides is 1. The molecule has 2 atom stereocenters. The van der Waals surface area contributed by atoms with Gasteiger partial charge in [0.1, 0.15) is 4.92 Å². The fraction of sp³-hybridized carbons (Fsp3) is 0.500. The SMILES string of the molecule is CC(CBr)C(C)NC(=O)c1ccc([N+](=O)[O-])o1. The molecule has 6 nitrogen and oxygen atoms in total. The van der Waals surface area contributed by atoms with Crippen LogP contribution in [0.25, 0.3) is 0 Å². The van der Waals surface area contributed by atoms with Crippen LogP contribution < -0.4 is 5.32 Å². The van der Waals surface area contributed by atoms with Crippen LogP contribution in [0, 0.1) is 16.0 Å². The van der Waals surface area contributed by atoms with Crippen LogP contribution in [0.4, 0.5) is 5.88 Å². The maximum Gasteiger partial charge on any atom is 0.433 e. The van der Waals surface area contributed by atoms with Gasteiger partial charge in [-0.3, -0.25) is 14.9 Å². The molecule has 0 radical (unpaired) electrons. The third kappa shape index (κ3) is 3.55. The van der Waals surface area contributed by atoms with Crippen molar-refractivity contribution < 1.29 is 14.1 Å². The summed E-state index contributed by atoms with van der Waals surface area (Å²) in [5.74, 6) is -0.677. The highest BCUT2D eigenvalue weighted by atomic mass is 79.9. The van der Waals surface area contributed by atoms with E-state index in [1.165, 1.54) is 6.07 Å². The molecule has 0 aromatic carbocycles. The van der Waals surface area contributed by atoms with Gasteiger partial charge in [0, 0.05) is 11.4 Å². The smallest absolute Gasteiger partial charge is 0.395 e. The summed E-state index contributed by atoms with van der Waals surface area (Å²) in [5.41, 5.74) is 0. The molecule has 1 amide bonds. The van der Waals surface area contributed by atoms with E-state index in [9.17, 15) is 14.9 Å². The van der Waals surface area contributed by atoms with Crippen LogP contribution in [-0.4, -0.2) is 22.2 Å². The highest BCUT2D eigenvalue weighted by Crippen LogP contribution is 2.16. The lowest BCUT2D eigenvalue weighted by atomic mass is 10.1. The van der Waals surface area contributed by atoms with Crippen molar-refractivity contribution in [3.8, 4) is 0 Å². The summed E-state index contributed by atoms with van der Waals surface area (Å²) in [7, 11) is 0. The molecule has 1 heterocycles. The van der Waals surface area contributed by atoms with Crippen molar-refractivity contribution in [2.24, 2.45) is 5.92 Å². The zero-order valence-electron chi connectivity index (χ0n) is 9.47. The first-order valence-corrected chi connectivity index (χ1v) is 6.19. The van der Waals surface area contributed by atoms with Crippen LogP contribution in [0.1, 0.15) is 24.4 Å². The van der Waals surface area contributed by atoms with Crippen molar-refractivity contribution in [1.82, 2.24) is 5.32 Å². The lowest BCUT2D eigenvalue weighted by molar-refractivity contribution is -0.402. The third-order valence-electron chi connectivity index (χ3n) is 2.45. The Morgan fingerprint density at radius 3 is 2.71 bits per heavy atom. The highest BCUT2D eigenvalue weighted by molar-refractivity contribution is 9.09. The molecule has 0 aliphatic carbocycles. The van der Waals surface area contributed by atoms with Gasteiger partial charge in [0.05, 0.1) is 6.07 Å². The Balaban J connectivity index is 2.66. The highest BCUT2D eigenvalue weighted by Gasteiger charge is 2.20. The van der Waals surface area contributed by atoms with Gasteiger partial charge in [-0.2, -0.15) is 0 Å². The Morgan fingerprint density at radius 1 is 1.59 bits per heavy atom. The normalized spacial score (nSPS) is 14.1. The Labute approximate surface area is 107 Å². The average molecular weight is 305 g/mol. The molecule has 1 rings (SSSR count). The molecule has 0 bridgehead atoms. The van der Waals surface area contributed by atoms with Crippen molar-refractivity contribution in [2.75, 3.05) is 5.33 Å². The fourth-order valence-electron chi connectivity index (χ4n) is 1.10. The first-order valence-electron chi connectivity index (χ1n) is 5.06. The minimum absolute atomic E-state index is 0.0500. The summed E-state index contributed by atoms with van der Waals surface area (Å²) < 4.78 is 4.80. The lowest BCUT2D eigenvalue weighted by Gasteiger charge is -2.18. The van der Waals surface area contributed by atoms with Gasteiger partial charge in [0.25, 0.3) is 5.91 Å². The maximum atomic E-state index is 11.7. The molecule has 0 spiro atoms. The van der Waals surface area contributed by atoms with Gasteiger partial charge in [0.15, 0.2) is 5.76 Å². The number of carbonyl (C=O) groups is 1. The maximum absolute atomic E-state index is 11.7. The predicted octanol–water partition coefficient (Wildman–Crippen LogP) is 2.34. The molecular weight excluding hydrogens is 292 g/mol. The van der Waals surface area contributed by atoms with Crippen LogP contribution in [0.15, 0.2) is 16.5 Å². The predicted molar refractivity (Wildman–Crippen MR) is 65.2 cm³/mol. The number of carbonyl (C=O) groups excluding carboxylic acids is 1. The lowest BCUT2D eigenvalue weighted by Crippen LogP contribution is -2.37. The summed E-state index contributed by atoms with van der Waals surface area (Å²) in [6.07, 6.45) is 0. The van der Waals surface area contributed by atoms with Gasteiger partial charge >= 0.3 is 5.88 Å². The molecular formula is C10H13BrN2O4. The number of hydrogen-bond acceptors (Lipinski definition) is 4. The van der Waals surface area contributed by atoms with Gasteiger partial charge < -0.3 is 9.73 Å². The Bertz CT molecular complexity index is 418. The fourth-order valence-corrected chi connectivity index (χ4v) is 1.66. The van der Waals surface area contributed by atoms with Crippen molar-refractivity contribution in [3.05, 3.63) is 28.0 Å². The number of nitro groups is 1. The summed E-state index contributed by atoms with van der Waals surface area (Å²) >= 11 is 3.32. The second-order valence-corrected chi connectivity index (χ2v) is 4.44. The van der Waals surface area contributed by atoms with Crippen molar-refractivity contribution >= 4 is 27.7 Å². The number of furan rings is 1. The van der Waals surface area contributed by atoms with E-state index in [4.69, 9.17) is 4.42 Å². The Hall–Kier alpha value is -1.37. The molecule has 7 heteroatoms. The quantitative estimate of drug-likeness (QED) is 0.514. The monoisotopic (exact) mass is 304 g/mol. The number of nitrogens with one attached hydrogen (secondary N) is 1. The third-order valence-corrected chi connectivity index (χ3v) is 3.47. The van der Waals surface area contributed by atoms with Gasteiger partial charge in [0.2, 0.25) is 0 Å². The van der Waals surface area contributed by atoms with Crippen LogP contribution >= 0.6 is 15.9 Å². The van der Waals surface area contributed by atoms with E-state index < -0.39 is 16.7 Å². The van der Waals surface area contributed by atoms with E-state index in [2.05, 4.69) is 21.2 Å². The number of hydrogen-bond donors (Lipinski definition) is 1. The molecule has 0 saturated heterocycles. The second-order valence-electron chi connectivity index (χ2n) is 3.79. The molecule has 1 N–H and O–H groups in total. The summed E-state index contributed by atoms with van der Waals surface area (Å²) in [5, 5.41) is 13.9. The molecule has 94 valence electrons. The van der Waals surface area contributed by atoms with Gasteiger partial charge in [-0.15, -0.1) is 0 Å². The van der Waals surface area contributed by atoms with Crippen LogP contribution in [0.3, 0.4) is 0 Å². The van der Waals surface area contributed by atoms with E-state index in [0.29, 0.717) is 0 Å². The van der Waals surface area contributed by atoms with E-state index in [-0.39, 0.29) is 17.7 Å². The van der Waals surface area contributed by atoms with Crippen LogP contribution in [-0.2, 0) is 0 Å². The molecule has 0 saturated carbocycles. The van der Waals surface area contributed by atoms with Crippen molar-refractivity contribution in [3.63, 3.8) is 0 Å². The molecule has 0 fully saturated rings. The summed E-state index contributed by atoms with van der Waals surface area (Å²) in [6.45, 7) is 3.84. The molecule has 0 aliphatic rings. The van der Waals surface area contributed by atoms with Gasteiger partial charge in [-0.1, -0.05) is 22.9 Å². The molecule has 1 aromatic heterocycles. The zero-order valence-corrected chi connectivity index (χ0v) is 11.1. The summed E-state index contributed by atoms with van der Waals surface area (Å²) in [4.78, 5) is 21.4. The van der Waals surface area contributed by atoms with E-state index in [0.717, 1.165) is 11.4 Å². The number of rotatable bonds is 5. The first-order chi connectivity index (χ1) is 7.95. The Kier molecular flexibility index (Phi) is 4.68. The second kappa shape index (κ2) is 5.81. The van der Waals surface area contributed by atoms with Crippen LogP contribution in [0.2, 0.25) is 0 Å². The number of nitrogens with zero attached hydrogens (tertiary/aromatic N) is 1. The zero-order chi connectivity index (χ0) is 13.0. The standard InChI is InChI=1S/C10H13BrN2O4/c1-6(5-11)7(2)12-10(14)8-3-4-9(17-8)13(15)16/h3-4,6-7H,5H2,1-2H3,(H,12,14). The Morgan fingerprint density at radius 2 is 2.24 bits per heavy atom. The van der Waals surface area contributed by atoms with Crippen LogP contribution in [0.5, 0.6) is 0 Å². The average Bonchev–Trinajstić information content (AvgIpc) is 2.77. The van der Waals surface area contributed by atoms with Crippen molar-refractivity contribution in [2.45, 2.75) is 19.9 Å². The first kappa shape index (κ1) is 13.7. The van der Waals surface area contributed by atoms with Gasteiger partial charge in [-0.05, 0) is 18.9 Å². The largest absolute Gasteiger partial charge is 0.433 e. The van der Waals surface area contributed by atoms with E-state index in [1.54, 1.807) is 0 Å². The number of halogens is 1. The minimum Gasteiger partial charge on any atom is -0.395 e. The molecule has 2 unspecified atom stereocenters. The molecule has 0 aliphatic heterocycles. The van der Waals surface area contributed by atoms with Crippen molar-refractivity contribution in [1.29, 1.82) is 0 Å². The molecule has 1 aromatic rings. The minimum atomic E-state index is -0.679. The molecule has 17 heavy (non-hydrogen) atoms. The topological polar surface area (TPSA) is 85.4 Å². The summed E-state index contributed by atoms with van der Waals surface area (Å²) in [6, 6.07) is 2.40. The number of amides is 1. The van der Waals surface area contributed by atoms with E-state index in [1.807, 2.05) is 13.8 Å². The van der Waals surface area contributed by atoms with E-state index >= 15 is 0 Å².